The van der Waals surface area contributed by atoms with Crippen LogP contribution >= 0.6 is 35.8 Å². The van der Waals surface area contributed by atoms with Crippen LogP contribution in [0.3, 0.4) is 0 Å². The summed E-state index contributed by atoms with van der Waals surface area (Å²) in [5.41, 5.74) is 2.05. The number of rotatable bonds is 4. The summed E-state index contributed by atoms with van der Waals surface area (Å²) in [6.45, 7) is 1.52. The van der Waals surface area contributed by atoms with Crippen molar-refractivity contribution in [3.05, 3.63) is 59.1 Å². The Bertz CT molecular complexity index is 722. The van der Waals surface area contributed by atoms with Gasteiger partial charge in [-0.3, -0.25) is 4.79 Å². The molecule has 0 aliphatic carbocycles. The topological polar surface area (TPSA) is 23.6 Å². The van der Waals surface area contributed by atoms with Gasteiger partial charge < -0.3 is 9.80 Å². The number of carbonyl (C=O) groups is 1. The van der Waals surface area contributed by atoms with Crippen molar-refractivity contribution in [3.8, 4) is 0 Å². The van der Waals surface area contributed by atoms with Crippen molar-refractivity contribution < 1.29 is 4.79 Å². The number of halogens is 2. The molecule has 0 radical (unpaired) electrons. The molecular weight excluding hydrogens is 375 g/mol. The maximum absolute atomic E-state index is 13.3. The van der Waals surface area contributed by atoms with Crippen LogP contribution in [0.1, 0.15) is 11.5 Å². The second kappa shape index (κ2) is 8.95. The Morgan fingerprint density at radius 2 is 1.84 bits per heavy atom. The molecule has 1 aliphatic rings. The molecule has 1 amide bonds. The highest BCUT2D eigenvalue weighted by Gasteiger charge is 2.31. The lowest BCUT2D eigenvalue weighted by atomic mass is 9.99. The fourth-order valence-corrected chi connectivity index (χ4v) is 4.13. The van der Waals surface area contributed by atoms with Gasteiger partial charge in [-0.15, -0.1) is 24.2 Å². The number of carbonyl (C=O) groups excluding carboxylic acids is 1. The summed E-state index contributed by atoms with van der Waals surface area (Å²) in [5, 5.41) is 0.695. The van der Waals surface area contributed by atoms with Gasteiger partial charge in [0.2, 0.25) is 5.91 Å². The van der Waals surface area contributed by atoms with E-state index in [0.717, 1.165) is 23.5 Å². The van der Waals surface area contributed by atoms with Gasteiger partial charge in [-0.25, -0.2) is 0 Å². The summed E-state index contributed by atoms with van der Waals surface area (Å²) in [5.74, 6) is 0.758. The minimum Gasteiger partial charge on any atom is -0.309 e. The van der Waals surface area contributed by atoms with E-state index in [9.17, 15) is 4.79 Å². The van der Waals surface area contributed by atoms with Gasteiger partial charge in [-0.05, 0) is 43.9 Å². The fraction of sp³-hybridized carbons (Fsp3) is 0.316. The van der Waals surface area contributed by atoms with Crippen LogP contribution < -0.4 is 4.90 Å². The van der Waals surface area contributed by atoms with Gasteiger partial charge in [0.15, 0.2) is 0 Å². The molecule has 1 atom stereocenters. The van der Waals surface area contributed by atoms with Crippen LogP contribution in [-0.4, -0.2) is 43.7 Å². The summed E-state index contributed by atoms with van der Waals surface area (Å²) < 4.78 is 0. The van der Waals surface area contributed by atoms with E-state index in [2.05, 4.69) is 11.0 Å². The Morgan fingerprint density at radius 3 is 2.52 bits per heavy atom. The molecule has 0 fully saturated rings. The van der Waals surface area contributed by atoms with E-state index in [1.807, 2.05) is 61.5 Å². The second-order valence-corrected chi connectivity index (χ2v) is 7.67. The van der Waals surface area contributed by atoms with Crippen LogP contribution in [0, 0.1) is 0 Å². The number of hydrogen-bond donors (Lipinski definition) is 0. The molecule has 2 aromatic carbocycles. The molecule has 0 bridgehead atoms. The molecule has 0 aromatic heterocycles. The van der Waals surface area contributed by atoms with E-state index in [1.165, 1.54) is 4.90 Å². The van der Waals surface area contributed by atoms with E-state index in [-0.39, 0.29) is 24.2 Å². The van der Waals surface area contributed by atoms with Crippen molar-refractivity contribution in [2.45, 2.75) is 10.8 Å². The van der Waals surface area contributed by atoms with Crippen LogP contribution in [0.2, 0.25) is 5.02 Å². The minimum absolute atomic E-state index is 0. The van der Waals surface area contributed by atoms with Crippen LogP contribution in [0.5, 0.6) is 0 Å². The predicted molar refractivity (Wildman–Crippen MR) is 110 cm³/mol. The number of thioether (sulfide) groups is 1. The van der Waals surface area contributed by atoms with Crippen molar-refractivity contribution >= 4 is 47.4 Å². The maximum atomic E-state index is 13.3. The minimum atomic E-state index is -0.151. The third kappa shape index (κ3) is 4.70. The van der Waals surface area contributed by atoms with Gasteiger partial charge in [0.25, 0.3) is 0 Å². The largest absolute Gasteiger partial charge is 0.309 e. The van der Waals surface area contributed by atoms with Crippen molar-refractivity contribution in [1.82, 2.24) is 4.90 Å². The molecule has 3 rings (SSSR count). The van der Waals surface area contributed by atoms with Crippen molar-refractivity contribution in [3.63, 3.8) is 0 Å². The predicted octanol–water partition coefficient (Wildman–Crippen LogP) is 4.55. The third-order valence-corrected chi connectivity index (χ3v) is 5.58. The number of amides is 1. The first-order valence-corrected chi connectivity index (χ1v) is 9.36. The van der Waals surface area contributed by atoms with Crippen LogP contribution in [0.4, 0.5) is 5.69 Å². The highest BCUT2D eigenvalue weighted by atomic mass is 35.5. The maximum Gasteiger partial charge on any atom is 0.235 e. The van der Waals surface area contributed by atoms with E-state index in [0.29, 0.717) is 11.6 Å². The van der Waals surface area contributed by atoms with Gasteiger partial charge in [-0.1, -0.05) is 35.9 Å². The Kier molecular flexibility index (Phi) is 7.20. The smallest absolute Gasteiger partial charge is 0.235 e. The van der Waals surface area contributed by atoms with Crippen LogP contribution in [-0.2, 0) is 4.79 Å². The number of para-hydroxylation sites is 1. The normalized spacial score (nSPS) is 17.0. The lowest BCUT2D eigenvalue weighted by Gasteiger charge is -2.27. The molecule has 134 valence electrons. The SMILES string of the molecule is CN(C)CCN1C(=O)C(c2ccc(Cl)cc2)CSc2ccccc21.Cl. The third-order valence-electron chi connectivity index (χ3n) is 4.17. The first-order valence-electron chi connectivity index (χ1n) is 7.99. The lowest BCUT2D eigenvalue weighted by Crippen LogP contribution is -2.39. The van der Waals surface area contributed by atoms with E-state index < -0.39 is 0 Å². The number of benzene rings is 2. The van der Waals surface area contributed by atoms with Crippen LogP contribution in [0.15, 0.2) is 53.4 Å². The molecule has 0 saturated heterocycles. The molecular formula is C19H22Cl2N2OS. The molecule has 1 heterocycles. The fourth-order valence-electron chi connectivity index (χ4n) is 2.82. The highest BCUT2D eigenvalue weighted by Crippen LogP contribution is 2.39. The highest BCUT2D eigenvalue weighted by molar-refractivity contribution is 7.99. The molecule has 1 unspecified atom stereocenters. The number of anilines is 1. The molecule has 2 aromatic rings. The van der Waals surface area contributed by atoms with E-state index in [4.69, 9.17) is 11.6 Å². The quantitative estimate of drug-likeness (QED) is 0.757. The Balaban J connectivity index is 0.00000225. The first-order chi connectivity index (χ1) is 11.6. The van der Waals surface area contributed by atoms with Gasteiger partial charge in [0, 0.05) is 28.8 Å². The van der Waals surface area contributed by atoms with Crippen molar-refractivity contribution in [2.75, 3.05) is 37.8 Å². The monoisotopic (exact) mass is 396 g/mol. The van der Waals surface area contributed by atoms with Crippen molar-refractivity contribution in [1.29, 1.82) is 0 Å². The first kappa shape index (κ1) is 20.1. The number of fused-ring (bicyclic) bond motifs is 1. The molecule has 1 aliphatic heterocycles. The Hall–Kier alpha value is -1.20. The van der Waals surface area contributed by atoms with Gasteiger partial charge in [0.05, 0.1) is 11.6 Å². The summed E-state index contributed by atoms with van der Waals surface area (Å²) in [6.07, 6.45) is 0. The second-order valence-electron chi connectivity index (χ2n) is 6.18. The lowest BCUT2D eigenvalue weighted by molar-refractivity contribution is -0.119. The molecule has 25 heavy (non-hydrogen) atoms. The van der Waals surface area contributed by atoms with Gasteiger partial charge >= 0.3 is 0 Å². The van der Waals surface area contributed by atoms with Gasteiger partial charge in [-0.2, -0.15) is 0 Å². The van der Waals surface area contributed by atoms with Crippen LogP contribution in [0.25, 0.3) is 0 Å². The molecule has 0 spiro atoms. The Labute approximate surface area is 164 Å². The molecule has 0 saturated carbocycles. The zero-order chi connectivity index (χ0) is 17.1. The summed E-state index contributed by atoms with van der Waals surface area (Å²) in [6, 6.07) is 15.8. The zero-order valence-electron chi connectivity index (χ0n) is 14.3. The van der Waals surface area contributed by atoms with Crippen molar-refractivity contribution in [2.24, 2.45) is 0 Å². The zero-order valence-corrected chi connectivity index (χ0v) is 16.7. The average molecular weight is 397 g/mol. The molecule has 3 nitrogen and oxygen atoms in total. The standard InChI is InChI=1S/C19H21ClN2OS.ClH/c1-21(2)11-12-22-17-5-3-4-6-18(17)24-13-16(19(22)23)14-7-9-15(20)10-8-14;/h3-10,16H,11-13H2,1-2H3;1H. The Morgan fingerprint density at radius 1 is 1.16 bits per heavy atom. The van der Waals surface area contributed by atoms with E-state index >= 15 is 0 Å². The molecule has 6 heteroatoms. The summed E-state index contributed by atoms with van der Waals surface area (Å²) in [4.78, 5) is 18.5. The average Bonchev–Trinajstić information content (AvgIpc) is 2.70. The van der Waals surface area contributed by atoms with Gasteiger partial charge in [0.1, 0.15) is 0 Å². The number of hydrogen-bond acceptors (Lipinski definition) is 3. The number of likely N-dealkylation sites (N-methyl/N-ethyl adjacent to an activating group) is 1. The summed E-state index contributed by atoms with van der Waals surface area (Å²) >= 11 is 7.75. The number of nitrogens with zero attached hydrogens (tertiary/aromatic N) is 2. The van der Waals surface area contributed by atoms with E-state index in [1.54, 1.807) is 11.8 Å². The summed E-state index contributed by atoms with van der Waals surface area (Å²) in [7, 11) is 4.05. The molecule has 0 N–H and O–H groups in total.